The minimum Gasteiger partial charge on any atom is -0.509 e. The molecule has 1 fully saturated rings. The van der Waals surface area contributed by atoms with E-state index in [0.29, 0.717) is 23.4 Å². The van der Waals surface area contributed by atoms with Crippen LogP contribution in [0, 0.1) is 13.8 Å². The van der Waals surface area contributed by atoms with Gasteiger partial charge in [-0.2, -0.15) is 0 Å². The predicted octanol–water partition coefficient (Wildman–Crippen LogP) is 5.35. The lowest BCUT2D eigenvalue weighted by molar-refractivity contribution is -0.116. The Kier molecular flexibility index (Phi) is 5.18. The lowest BCUT2D eigenvalue weighted by atomic mass is 9.79. The lowest BCUT2D eigenvalue weighted by Gasteiger charge is -2.36. The van der Waals surface area contributed by atoms with Crippen LogP contribution in [0.5, 0.6) is 0 Å². The topological polar surface area (TPSA) is 58.6 Å². The normalized spacial score (nSPS) is 24.3. The van der Waals surface area contributed by atoms with Crippen LogP contribution in [0.4, 0.5) is 0 Å². The van der Waals surface area contributed by atoms with E-state index in [-0.39, 0.29) is 17.8 Å². The van der Waals surface area contributed by atoms with E-state index in [4.69, 9.17) is 16.3 Å². The average Bonchev–Trinajstić information content (AvgIpc) is 2.93. The van der Waals surface area contributed by atoms with Crippen LogP contribution in [0.3, 0.4) is 0 Å². The van der Waals surface area contributed by atoms with Gasteiger partial charge in [0.25, 0.3) is 5.91 Å². The van der Waals surface area contributed by atoms with Crippen LogP contribution < -0.4 is 5.32 Å². The van der Waals surface area contributed by atoms with E-state index in [0.717, 1.165) is 40.7 Å². The van der Waals surface area contributed by atoms with Crippen molar-refractivity contribution in [2.75, 3.05) is 7.11 Å². The highest BCUT2D eigenvalue weighted by Crippen LogP contribution is 2.43. The van der Waals surface area contributed by atoms with Gasteiger partial charge in [0.1, 0.15) is 5.76 Å². The summed E-state index contributed by atoms with van der Waals surface area (Å²) in [6, 6.07) is 11.7. The summed E-state index contributed by atoms with van der Waals surface area (Å²) in [7, 11) is 1.71. The number of aliphatic hydroxyl groups is 1. The second-order valence-corrected chi connectivity index (χ2v) is 8.62. The summed E-state index contributed by atoms with van der Waals surface area (Å²) in [5.41, 5.74) is 4.65. The summed E-state index contributed by atoms with van der Waals surface area (Å²) < 4.78 is 5.45. The Hall–Kier alpha value is -2.30. The quantitative estimate of drug-likeness (QED) is 0.715. The average molecular weight is 412 g/mol. The van der Waals surface area contributed by atoms with Gasteiger partial charge in [-0.1, -0.05) is 29.8 Å². The Morgan fingerprint density at radius 3 is 2.31 bits per heavy atom. The summed E-state index contributed by atoms with van der Waals surface area (Å²) in [6.07, 6.45) is 3.18. The van der Waals surface area contributed by atoms with Gasteiger partial charge in [-0.15, -0.1) is 0 Å². The van der Waals surface area contributed by atoms with Crippen LogP contribution in [0.2, 0.25) is 5.02 Å². The summed E-state index contributed by atoms with van der Waals surface area (Å²) in [6.45, 7) is 4.03. The van der Waals surface area contributed by atoms with Crippen molar-refractivity contribution in [2.45, 2.75) is 51.2 Å². The SMILES string of the molecule is CO[C@H]1CC[C@@]2(CC1)NC(=O)C(c1cc(-c3ccc(Cl)cc3)c(C)cc1C)=C2O. The molecule has 1 heterocycles. The van der Waals surface area contributed by atoms with Crippen LogP contribution >= 0.6 is 11.6 Å². The molecule has 1 saturated carbocycles. The van der Waals surface area contributed by atoms with Gasteiger partial charge in [0.15, 0.2) is 0 Å². The fraction of sp³-hybridized carbons (Fsp3) is 0.375. The van der Waals surface area contributed by atoms with Gasteiger partial charge >= 0.3 is 0 Å². The molecule has 0 bridgehead atoms. The molecule has 4 rings (SSSR count). The molecule has 5 heteroatoms. The highest BCUT2D eigenvalue weighted by Gasteiger charge is 2.48. The maximum atomic E-state index is 13.0. The summed E-state index contributed by atoms with van der Waals surface area (Å²) >= 11 is 6.04. The maximum absolute atomic E-state index is 13.0. The molecule has 2 aliphatic rings. The van der Waals surface area contributed by atoms with E-state index in [2.05, 4.69) is 18.3 Å². The number of hydrogen-bond donors (Lipinski definition) is 2. The van der Waals surface area contributed by atoms with Crippen molar-refractivity contribution in [3.05, 3.63) is 63.9 Å². The van der Waals surface area contributed by atoms with Crippen molar-refractivity contribution >= 4 is 23.1 Å². The number of aliphatic hydroxyl groups excluding tert-OH is 1. The number of carbonyl (C=O) groups is 1. The van der Waals surface area contributed by atoms with E-state index in [1.807, 2.05) is 37.3 Å². The molecule has 2 aromatic carbocycles. The molecule has 152 valence electrons. The third kappa shape index (κ3) is 3.45. The highest BCUT2D eigenvalue weighted by atomic mass is 35.5. The Bertz CT molecular complexity index is 986. The first kappa shape index (κ1) is 20.0. The van der Waals surface area contributed by atoms with Gasteiger partial charge < -0.3 is 15.2 Å². The third-order valence-electron chi connectivity index (χ3n) is 6.39. The molecule has 0 radical (unpaired) electrons. The number of rotatable bonds is 3. The number of amides is 1. The monoisotopic (exact) mass is 411 g/mol. The van der Waals surface area contributed by atoms with Gasteiger partial charge in [0.05, 0.1) is 17.2 Å². The van der Waals surface area contributed by atoms with Gasteiger partial charge in [-0.05, 0) is 85.5 Å². The zero-order chi connectivity index (χ0) is 20.8. The lowest BCUT2D eigenvalue weighted by Crippen LogP contribution is -2.48. The van der Waals surface area contributed by atoms with Crippen molar-refractivity contribution in [3.8, 4) is 11.1 Å². The Morgan fingerprint density at radius 1 is 1.07 bits per heavy atom. The number of ether oxygens (including phenoxy) is 1. The fourth-order valence-corrected chi connectivity index (χ4v) is 4.81. The first-order chi connectivity index (χ1) is 13.8. The van der Waals surface area contributed by atoms with Crippen molar-refractivity contribution in [2.24, 2.45) is 0 Å². The molecule has 0 atom stereocenters. The van der Waals surface area contributed by atoms with E-state index in [1.54, 1.807) is 7.11 Å². The number of nitrogens with one attached hydrogen (secondary N) is 1. The van der Waals surface area contributed by atoms with E-state index in [9.17, 15) is 9.90 Å². The number of hydrogen-bond acceptors (Lipinski definition) is 3. The van der Waals surface area contributed by atoms with Gasteiger partial charge in [0, 0.05) is 12.1 Å². The van der Waals surface area contributed by atoms with E-state index in [1.165, 1.54) is 0 Å². The minimum absolute atomic E-state index is 0.172. The summed E-state index contributed by atoms with van der Waals surface area (Å²) in [5.74, 6) is -0.0292. The smallest absolute Gasteiger partial charge is 0.256 e. The Balaban J connectivity index is 1.78. The molecule has 1 aliphatic heterocycles. The molecule has 4 nitrogen and oxygen atoms in total. The largest absolute Gasteiger partial charge is 0.509 e. The van der Waals surface area contributed by atoms with Crippen LogP contribution in [-0.4, -0.2) is 29.8 Å². The molecule has 1 spiro atoms. The molecule has 1 amide bonds. The van der Waals surface area contributed by atoms with E-state index >= 15 is 0 Å². The first-order valence-corrected chi connectivity index (χ1v) is 10.4. The molecule has 0 unspecified atom stereocenters. The van der Waals surface area contributed by atoms with Gasteiger partial charge in [-0.25, -0.2) is 0 Å². The second kappa shape index (κ2) is 7.51. The van der Waals surface area contributed by atoms with Crippen LogP contribution in [0.25, 0.3) is 16.7 Å². The number of carbonyl (C=O) groups excluding carboxylic acids is 1. The molecular formula is C24H26ClNO3. The van der Waals surface area contributed by atoms with E-state index < -0.39 is 5.54 Å². The van der Waals surface area contributed by atoms with Gasteiger partial charge in [0.2, 0.25) is 0 Å². The van der Waals surface area contributed by atoms with Crippen LogP contribution in [0.15, 0.2) is 42.2 Å². The Labute approximate surface area is 176 Å². The number of benzene rings is 2. The zero-order valence-electron chi connectivity index (χ0n) is 17.0. The molecule has 0 saturated heterocycles. The number of halogens is 1. The van der Waals surface area contributed by atoms with Crippen molar-refractivity contribution in [1.29, 1.82) is 0 Å². The first-order valence-electron chi connectivity index (χ1n) is 10.0. The Morgan fingerprint density at radius 2 is 1.69 bits per heavy atom. The number of aryl methyl sites for hydroxylation is 2. The molecule has 1 aliphatic carbocycles. The van der Waals surface area contributed by atoms with Crippen molar-refractivity contribution < 1.29 is 14.6 Å². The molecule has 29 heavy (non-hydrogen) atoms. The molecule has 2 N–H and O–H groups in total. The predicted molar refractivity (Wildman–Crippen MR) is 116 cm³/mol. The van der Waals surface area contributed by atoms with Crippen LogP contribution in [-0.2, 0) is 9.53 Å². The standard InChI is InChI=1S/C24H26ClNO3/c1-14-12-15(2)20(13-19(14)16-4-6-17(25)7-5-16)21-22(27)24(26-23(21)28)10-8-18(29-3)9-11-24/h4-7,12-13,18,27H,8-11H2,1-3H3,(H,26,28)/t18-,24-. The molecular weight excluding hydrogens is 386 g/mol. The molecule has 0 aromatic heterocycles. The van der Waals surface area contributed by atoms with Crippen molar-refractivity contribution in [3.63, 3.8) is 0 Å². The molecule has 2 aromatic rings. The summed E-state index contributed by atoms with van der Waals surface area (Å²) in [4.78, 5) is 13.0. The summed E-state index contributed by atoms with van der Waals surface area (Å²) in [5, 5.41) is 14.9. The van der Waals surface area contributed by atoms with Crippen molar-refractivity contribution in [1.82, 2.24) is 5.32 Å². The maximum Gasteiger partial charge on any atom is 0.256 e. The fourth-order valence-electron chi connectivity index (χ4n) is 4.68. The highest BCUT2D eigenvalue weighted by molar-refractivity contribution is 6.30. The second-order valence-electron chi connectivity index (χ2n) is 8.18. The zero-order valence-corrected chi connectivity index (χ0v) is 17.8. The van der Waals surface area contributed by atoms with Gasteiger partial charge in [-0.3, -0.25) is 4.79 Å². The minimum atomic E-state index is -0.667. The number of methoxy groups -OCH3 is 1. The van der Waals surface area contributed by atoms with Crippen LogP contribution in [0.1, 0.15) is 42.4 Å². The third-order valence-corrected chi connectivity index (χ3v) is 6.64.